The van der Waals surface area contributed by atoms with Crippen LogP contribution in [0.15, 0.2) is 78.5 Å². The van der Waals surface area contributed by atoms with Gasteiger partial charge in [0.1, 0.15) is 11.5 Å². The molecule has 0 saturated carbocycles. The molecule has 0 atom stereocenters. The minimum absolute atomic E-state index is 0. The summed E-state index contributed by atoms with van der Waals surface area (Å²) in [6, 6.07) is 27.8. The van der Waals surface area contributed by atoms with Crippen molar-refractivity contribution < 1.29 is 24.9 Å². The van der Waals surface area contributed by atoms with Crippen molar-refractivity contribution in [2.45, 2.75) is 113 Å². The Balaban J connectivity index is 0.000000284. The van der Waals surface area contributed by atoms with Crippen molar-refractivity contribution >= 4 is 49.3 Å². The van der Waals surface area contributed by atoms with E-state index in [0.29, 0.717) is 11.8 Å². The summed E-state index contributed by atoms with van der Waals surface area (Å²) in [6.45, 7) is 21.4. The van der Waals surface area contributed by atoms with Gasteiger partial charge in [-0.3, -0.25) is 9.78 Å². The number of nitrogens with zero attached hydrogens (tertiary/aromatic N) is 4. The van der Waals surface area contributed by atoms with Crippen molar-refractivity contribution in [2.75, 3.05) is 0 Å². The number of carbonyl (C=O) groups is 1. The molecule has 53 heavy (non-hydrogen) atoms. The largest absolute Gasteiger partial charge is 0.685 e. The number of rotatable bonds is 12. The Morgan fingerprint density at radius 3 is 1.92 bits per heavy atom. The van der Waals surface area contributed by atoms with Crippen LogP contribution in [0.25, 0.3) is 60.1 Å². The molecule has 6 aromatic rings. The summed E-state index contributed by atoms with van der Waals surface area (Å²) in [5.41, 5.74) is 6.50. The van der Waals surface area contributed by atoms with E-state index in [9.17, 15) is 4.79 Å². The first kappa shape index (κ1) is 41.9. The van der Waals surface area contributed by atoms with Gasteiger partial charge in [0.15, 0.2) is 5.78 Å². The van der Waals surface area contributed by atoms with Gasteiger partial charge < -0.3 is 9.88 Å². The average molecular weight is 887 g/mol. The van der Waals surface area contributed by atoms with Gasteiger partial charge in [-0.25, -0.2) is 4.98 Å². The monoisotopic (exact) mass is 887 g/mol. The first-order chi connectivity index (χ1) is 24.9. The van der Waals surface area contributed by atoms with E-state index in [1.807, 2.05) is 6.08 Å². The molecule has 0 aliphatic carbocycles. The van der Waals surface area contributed by atoms with E-state index in [1.165, 1.54) is 38.0 Å². The quantitative estimate of drug-likeness (QED) is 0.0908. The number of hydrogen-bond acceptors (Lipinski definition) is 3. The van der Waals surface area contributed by atoms with E-state index < -0.39 is 0 Å². The first-order valence-electron chi connectivity index (χ1n) is 19.5. The summed E-state index contributed by atoms with van der Waals surface area (Å²) < 4.78 is 2.22. The smallest absolute Gasteiger partial charge is 0.157 e. The molecule has 0 spiro atoms. The van der Waals surface area contributed by atoms with Crippen LogP contribution >= 0.6 is 0 Å². The number of benzene rings is 4. The summed E-state index contributed by atoms with van der Waals surface area (Å²) >= 11 is 0. The zero-order valence-corrected chi connectivity index (χ0v) is 36.1. The van der Waals surface area contributed by atoms with Crippen LogP contribution in [0.3, 0.4) is 0 Å². The predicted molar refractivity (Wildman–Crippen MR) is 223 cm³/mol. The van der Waals surface area contributed by atoms with Gasteiger partial charge in [-0.2, -0.15) is 5.70 Å². The van der Waals surface area contributed by atoms with Crippen LogP contribution in [0, 0.1) is 17.9 Å². The molecule has 0 N–H and O–H groups in total. The van der Waals surface area contributed by atoms with Crippen LogP contribution < -0.4 is 0 Å². The third kappa shape index (κ3) is 8.93. The molecule has 283 valence electrons. The fraction of sp³-hybridized carbons (Fsp3) is 0.426. The number of aryl methyl sites for hydroxylation is 1. The van der Waals surface area contributed by atoms with Crippen LogP contribution in [0.5, 0.6) is 0 Å². The Labute approximate surface area is 331 Å². The Hall–Kier alpha value is -3.86. The first-order valence-corrected chi connectivity index (χ1v) is 19.5. The van der Waals surface area contributed by atoms with Gasteiger partial charge in [0.25, 0.3) is 0 Å². The topological polar surface area (TPSA) is 61.9 Å². The van der Waals surface area contributed by atoms with Crippen molar-refractivity contribution in [2.24, 2.45) is 18.9 Å². The number of hydrogen-bond donors (Lipinski definition) is 0. The van der Waals surface area contributed by atoms with Crippen molar-refractivity contribution in [3.63, 3.8) is 0 Å². The van der Waals surface area contributed by atoms with Crippen LogP contribution in [0.1, 0.15) is 118 Å². The van der Waals surface area contributed by atoms with Gasteiger partial charge in [0.2, 0.25) is 0 Å². The molecule has 0 unspecified atom stereocenters. The molecule has 0 fully saturated rings. The molecule has 1 radical (unpaired) electrons. The van der Waals surface area contributed by atoms with Crippen LogP contribution in [0.2, 0.25) is 0 Å². The molecule has 2 heterocycles. The summed E-state index contributed by atoms with van der Waals surface area (Å²) in [5.74, 6) is 2.36. The second-order valence-corrected chi connectivity index (χ2v) is 15.1. The maximum atomic E-state index is 12.2. The van der Waals surface area contributed by atoms with Crippen LogP contribution in [-0.2, 0) is 31.9 Å². The van der Waals surface area contributed by atoms with Gasteiger partial charge >= 0.3 is 0 Å². The van der Waals surface area contributed by atoms with Crippen LogP contribution in [0.4, 0.5) is 0 Å². The third-order valence-electron chi connectivity index (χ3n) is 10.5. The average Bonchev–Trinajstić information content (AvgIpc) is 3.40. The predicted octanol–water partition coefficient (Wildman–Crippen LogP) is 13.2. The minimum atomic E-state index is 0. The number of ketones is 1. The standard InChI is InChI=1S/C31H28N3.C16H31NO.Ir/c1-18(2)22-14-15-25(24-13-9-8-12-23(22)24)29-28-26-16-20-10-6-7-11-21(20)17-27(26)34(5)31(28)33-30(32-29)19(3)4;1-7-13(8-2)15(17-12(5)6)11-16(18)14(9-3)10-4;/h6-14,16-19H,1-5H3;11-14H,7-10H2,1-6H3,(H,17,18);/q-1;;/p-1. The molecule has 5 nitrogen and oxygen atoms in total. The van der Waals surface area contributed by atoms with Gasteiger partial charge in [-0.15, -0.1) is 29.3 Å². The molecule has 0 aliphatic rings. The van der Waals surface area contributed by atoms with Crippen molar-refractivity contribution in [1.29, 1.82) is 0 Å². The minimum Gasteiger partial charge on any atom is -0.685 e. The molecule has 0 bridgehead atoms. The van der Waals surface area contributed by atoms with Crippen molar-refractivity contribution in [3.05, 3.63) is 101 Å². The number of allylic oxidation sites excluding steroid dienone is 2. The molecule has 0 aliphatic heterocycles. The number of fused-ring (bicyclic) bond motifs is 5. The molecule has 2 aromatic heterocycles. The van der Waals surface area contributed by atoms with E-state index in [-0.39, 0.29) is 43.8 Å². The Morgan fingerprint density at radius 2 is 1.36 bits per heavy atom. The van der Waals surface area contributed by atoms with Gasteiger partial charge in [-0.05, 0) is 47.7 Å². The molecular weight excluding hydrogens is 829 g/mol. The maximum absolute atomic E-state index is 12.2. The van der Waals surface area contributed by atoms with E-state index >= 15 is 0 Å². The second-order valence-electron chi connectivity index (χ2n) is 15.1. The normalized spacial score (nSPS) is 12.1. The Bertz CT molecular complexity index is 2200. The maximum Gasteiger partial charge on any atom is 0.157 e. The number of carbonyl (C=O) groups excluding carboxylic acids is 1. The SMILES string of the molecule is CC(C)c1nc(-c2[c-]cc(C(C)C)c3ccccc23)c2c3cc4ccccc4cc3n(C)c2n1.CCC(CC)C(=O)/C=C(\[N-]C(C)C)C(CC)CC.[Ir]. The summed E-state index contributed by atoms with van der Waals surface area (Å²) in [5, 5.41) is 11.9. The molecule has 6 heteroatoms. The van der Waals surface area contributed by atoms with Crippen molar-refractivity contribution in [3.8, 4) is 11.3 Å². The molecule has 6 rings (SSSR count). The Morgan fingerprint density at radius 1 is 0.774 bits per heavy atom. The summed E-state index contributed by atoms with van der Waals surface area (Å²) in [6.07, 6.45) is 5.76. The van der Waals surface area contributed by atoms with Gasteiger partial charge in [0, 0.05) is 61.0 Å². The molecule has 0 saturated heterocycles. The fourth-order valence-electron chi connectivity index (χ4n) is 7.37. The molecule has 4 aromatic carbocycles. The summed E-state index contributed by atoms with van der Waals surface area (Å²) in [4.78, 5) is 22.4. The third-order valence-corrected chi connectivity index (χ3v) is 10.5. The van der Waals surface area contributed by atoms with Gasteiger partial charge in [0.05, 0.1) is 0 Å². The number of aromatic nitrogens is 3. The van der Waals surface area contributed by atoms with Crippen LogP contribution in [-0.4, -0.2) is 26.4 Å². The second kappa shape index (κ2) is 18.5. The van der Waals surface area contributed by atoms with E-state index in [1.54, 1.807) is 0 Å². The van der Waals surface area contributed by atoms with E-state index in [4.69, 9.17) is 9.97 Å². The Kier molecular flexibility index (Phi) is 14.6. The van der Waals surface area contributed by atoms with Crippen molar-refractivity contribution in [1.82, 2.24) is 14.5 Å². The zero-order chi connectivity index (χ0) is 37.7. The summed E-state index contributed by atoms with van der Waals surface area (Å²) in [7, 11) is 2.12. The fourth-order valence-corrected chi connectivity index (χ4v) is 7.37. The zero-order valence-electron chi connectivity index (χ0n) is 33.7. The van der Waals surface area contributed by atoms with E-state index in [0.717, 1.165) is 59.5 Å². The molecule has 0 amide bonds. The van der Waals surface area contributed by atoms with E-state index in [2.05, 4.69) is 159 Å². The van der Waals surface area contributed by atoms with Gasteiger partial charge in [-0.1, -0.05) is 147 Å². The molecular formula is C47H58IrN4O-2.